The van der Waals surface area contributed by atoms with Crippen molar-refractivity contribution in [1.29, 1.82) is 0 Å². The molecule has 1 heterocycles. The minimum absolute atomic E-state index is 0.0747. The highest BCUT2D eigenvalue weighted by atomic mass is 32.2. The number of rotatable bonds is 6. The van der Waals surface area contributed by atoms with Crippen molar-refractivity contribution in [2.75, 3.05) is 7.11 Å². The van der Waals surface area contributed by atoms with Crippen LogP contribution in [-0.4, -0.2) is 38.5 Å². The van der Waals surface area contributed by atoms with E-state index in [1.165, 1.54) is 11.8 Å². The highest BCUT2D eigenvalue weighted by Crippen LogP contribution is 2.25. The van der Waals surface area contributed by atoms with Crippen LogP contribution in [0.2, 0.25) is 0 Å². The van der Waals surface area contributed by atoms with Crippen LogP contribution in [0, 0.1) is 0 Å². The third-order valence-electron chi connectivity index (χ3n) is 3.37. The quantitative estimate of drug-likeness (QED) is 0.806. The summed E-state index contributed by atoms with van der Waals surface area (Å²) in [5.41, 5.74) is 0.699. The molecule has 1 N–H and O–H groups in total. The molecular formula is C16H23N5O2S. The van der Waals surface area contributed by atoms with Crippen LogP contribution in [0.5, 0.6) is 5.75 Å². The molecule has 0 spiro atoms. The lowest BCUT2D eigenvalue weighted by molar-refractivity contribution is -0.120. The van der Waals surface area contributed by atoms with Crippen LogP contribution in [0.3, 0.4) is 0 Å². The molecule has 130 valence electrons. The first kappa shape index (κ1) is 18.3. The van der Waals surface area contributed by atoms with E-state index in [0.29, 0.717) is 11.7 Å². The summed E-state index contributed by atoms with van der Waals surface area (Å²) in [6, 6.07) is 7.61. The van der Waals surface area contributed by atoms with Gasteiger partial charge in [-0.3, -0.25) is 4.79 Å². The summed E-state index contributed by atoms with van der Waals surface area (Å²) in [5, 5.41) is 15.0. The second kappa shape index (κ2) is 7.65. The molecule has 2 rings (SSSR count). The topological polar surface area (TPSA) is 81.9 Å². The molecule has 0 saturated heterocycles. The summed E-state index contributed by atoms with van der Waals surface area (Å²) < 4.78 is 7.01. The summed E-state index contributed by atoms with van der Waals surface area (Å²) >= 11 is 1.34. The van der Waals surface area contributed by atoms with Crippen LogP contribution < -0.4 is 10.1 Å². The molecule has 1 atom stereocenters. The van der Waals surface area contributed by atoms with Crippen molar-refractivity contribution in [1.82, 2.24) is 25.5 Å². The van der Waals surface area contributed by atoms with Gasteiger partial charge in [-0.05, 0) is 44.2 Å². The van der Waals surface area contributed by atoms with Crippen molar-refractivity contribution in [2.24, 2.45) is 0 Å². The SMILES string of the molecule is COc1ccccc1CNC(=O)[C@H](C)Sc1nnnn1C(C)(C)C. The number of hydrogen-bond acceptors (Lipinski definition) is 6. The molecule has 8 heteroatoms. The Hall–Kier alpha value is -2.09. The second-order valence-corrected chi connectivity index (χ2v) is 7.64. The number of nitrogens with zero attached hydrogens (tertiary/aromatic N) is 4. The van der Waals surface area contributed by atoms with Gasteiger partial charge in [0, 0.05) is 12.1 Å². The Labute approximate surface area is 146 Å². The van der Waals surface area contributed by atoms with Gasteiger partial charge in [0.1, 0.15) is 5.75 Å². The molecule has 0 fully saturated rings. The molecular weight excluding hydrogens is 326 g/mol. The number of aromatic nitrogens is 4. The molecule has 1 amide bonds. The maximum Gasteiger partial charge on any atom is 0.233 e. The molecule has 0 aliphatic rings. The summed E-state index contributed by atoms with van der Waals surface area (Å²) in [5.74, 6) is 0.684. The molecule has 7 nitrogen and oxygen atoms in total. The van der Waals surface area contributed by atoms with Gasteiger partial charge in [-0.25, -0.2) is 4.68 Å². The zero-order valence-electron chi connectivity index (χ0n) is 14.6. The van der Waals surface area contributed by atoms with Gasteiger partial charge in [-0.1, -0.05) is 30.0 Å². The summed E-state index contributed by atoms with van der Waals surface area (Å²) in [4.78, 5) is 12.4. The average molecular weight is 349 g/mol. The van der Waals surface area contributed by atoms with E-state index in [1.54, 1.807) is 11.8 Å². The molecule has 1 aromatic heterocycles. The first-order valence-corrected chi connectivity index (χ1v) is 8.56. The Morgan fingerprint density at radius 2 is 2.08 bits per heavy atom. The number of methoxy groups -OCH3 is 1. The highest BCUT2D eigenvalue weighted by molar-refractivity contribution is 8.00. The first-order valence-electron chi connectivity index (χ1n) is 7.68. The van der Waals surface area contributed by atoms with Gasteiger partial charge in [0.15, 0.2) is 0 Å². The lowest BCUT2D eigenvalue weighted by Crippen LogP contribution is -2.31. The third-order valence-corrected chi connectivity index (χ3v) is 4.41. The smallest absolute Gasteiger partial charge is 0.233 e. The number of benzene rings is 1. The lowest BCUT2D eigenvalue weighted by Gasteiger charge is -2.20. The highest BCUT2D eigenvalue weighted by Gasteiger charge is 2.24. The number of nitrogens with one attached hydrogen (secondary N) is 1. The Balaban J connectivity index is 1.97. The molecule has 24 heavy (non-hydrogen) atoms. The van der Waals surface area contributed by atoms with Crippen LogP contribution in [0.25, 0.3) is 0 Å². The van der Waals surface area contributed by atoms with Gasteiger partial charge in [0.2, 0.25) is 11.1 Å². The van der Waals surface area contributed by atoms with Crippen LogP contribution in [0.1, 0.15) is 33.3 Å². The van der Waals surface area contributed by atoms with E-state index < -0.39 is 0 Å². The van der Waals surface area contributed by atoms with Gasteiger partial charge in [0.25, 0.3) is 0 Å². The first-order chi connectivity index (χ1) is 11.3. The molecule has 1 aromatic carbocycles. The van der Waals surface area contributed by atoms with E-state index in [2.05, 4.69) is 20.8 Å². The van der Waals surface area contributed by atoms with Crippen molar-refractivity contribution in [3.8, 4) is 5.75 Å². The summed E-state index contributed by atoms with van der Waals surface area (Å²) in [7, 11) is 1.62. The molecule has 0 saturated carbocycles. The van der Waals surface area contributed by atoms with E-state index in [-0.39, 0.29) is 16.7 Å². The number of carbonyl (C=O) groups excluding carboxylic acids is 1. The van der Waals surface area contributed by atoms with E-state index in [0.717, 1.165) is 11.3 Å². The normalized spacial score (nSPS) is 12.7. The summed E-state index contributed by atoms with van der Waals surface area (Å²) in [6.07, 6.45) is 0. The Bertz CT molecular complexity index is 696. The zero-order valence-corrected chi connectivity index (χ0v) is 15.4. The maximum atomic E-state index is 12.4. The van der Waals surface area contributed by atoms with Crippen LogP contribution >= 0.6 is 11.8 Å². The Kier molecular flexibility index (Phi) is 5.82. The van der Waals surface area contributed by atoms with E-state index in [4.69, 9.17) is 4.74 Å². The van der Waals surface area contributed by atoms with Crippen molar-refractivity contribution < 1.29 is 9.53 Å². The molecule has 0 radical (unpaired) electrons. The van der Waals surface area contributed by atoms with Crippen LogP contribution in [0.15, 0.2) is 29.4 Å². The predicted molar refractivity (Wildman–Crippen MR) is 93.0 cm³/mol. The molecule has 0 bridgehead atoms. The maximum absolute atomic E-state index is 12.4. The Morgan fingerprint density at radius 1 is 1.38 bits per heavy atom. The number of amides is 1. The largest absolute Gasteiger partial charge is 0.496 e. The molecule has 2 aromatic rings. The monoisotopic (exact) mass is 349 g/mol. The fourth-order valence-corrected chi connectivity index (χ4v) is 3.06. The lowest BCUT2D eigenvalue weighted by atomic mass is 10.1. The molecule has 0 aliphatic heterocycles. The van der Waals surface area contributed by atoms with Gasteiger partial charge in [-0.2, -0.15) is 0 Å². The number of thioether (sulfide) groups is 1. The van der Waals surface area contributed by atoms with E-state index >= 15 is 0 Å². The van der Waals surface area contributed by atoms with Crippen molar-refractivity contribution >= 4 is 17.7 Å². The number of carbonyl (C=O) groups is 1. The van der Waals surface area contributed by atoms with Gasteiger partial charge in [0.05, 0.1) is 17.9 Å². The average Bonchev–Trinajstić information content (AvgIpc) is 3.01. The van der Waals surface area contributed by atoms with Gasteiger partial charge in [-0.15, -0.1) is 5.10 Å². The van der Waals surface area contributed by atoms with Crippen molar-refractivity contribution in [3.63, 3.8) is 0 Å². The summed E-state index contributed by atoms with van der Waals surface area (Å²) in [6.45, 7) is 8.29. The number of ether oxygens (including phenoxy) is 1. The number of para-hydroxylation sites is 1. The predicted octanol–water partition coefficient (Wildman–Crippen LogP) is 2.23. The van der Waals surface area contributed by atoms with Crippen LogP contribution in [0.4, 0.5) is 0 Å². The van der Waals surface area contributed by atoms with Crippen LogP contribution in [-0.2, 0) is 16.9 Å². The standard InChI is InChI=1S/C16H23N5O2S/c1-11(24-15-18-19-20-21(15)16(2,3)4)14(22)17-10-12-8-6-7-9-13(12)23-5/h6-9,11H,10H2,1-5H3,(H,17,22)/t11-/m0/s1. The van der Waals surface area contributed by atoms with Gasteiger partial charge < -0.3 is 10.1 Å². The minimum Gasteiger partial charge on any atom is -0.496 e. The van der Waals surface area contributed by atoms with Gasteiger partial charge >= 0.3 is 0 Å². The number of hydrogen-bond donors (Lipinski definition) is 1. The minimum atomic E-state index is -0.313. The van der Waals surface area contributed by atoms with E-state index in [1.807, 2.05) is 52.0 Å². The number of tetrazole rings is 1. The van der Waals surface area contributed by atoms with Crippen molar-refractivity contribution in [2.45, 2.75) is 50.2 Å². The fraction of sp³-hybridized carbons (Fsp3) is 0.500. The second-order valence-electron chi connectivity index (χ2n) is 6.33. The third kappa shape index (κ3) is 4.47. The fourth-order valence-electron chi connectivity index (χ4n) is 2.06. The Morgan fingerprint density at radius 3 is 2.75 bits per heavy atom. The van der Waals surface area contributed by atoms with Crippen molar-refractivity contribution in [3.05, 3.63) is 29.8 Å². The molecule has 0 aliphatic carbocycles. The zero-order chi connectivity index (χ0) is 17.7. The van der Waals surface area contributed by atoms with E-state index in [9.17, 15) is 4.79 Å². The molecule has 0 unspecified atom stereocenters.